The van der Waals surface area contributed by atoms with Gasteiger partial charge < -0.3 is 14.4 Å². The monoisotopic (exact) mass is 401 g/mol. The van der Waals surface area contributed by atoms with Crippen molar-refractivity contribution in [1.82, 2.24) is 4.98 Å². The first-order chi connectivity index (χ1) is 14.4. The van der Waals surface area contributed by atoms with Crippen LogP contribution in [0.15, 0.2) is 70.1 Å². The molecule has 8 heteroatoms. The molecule has 0 spiro atoms. The van der Waals surface area contributed by atoms with Crippen molar-refractivity contribution in [2.75, 3.05) is 19.0 Å². The van der Waals surface area contributed by atoms with E-state index in [1.54, 1.807) is 18.2 Å². The molecule has 3 aromatic carbocycles. The van der Waals surface area contributed by atoms with Gasteiger partial charge in [-0.15, -0.1) is 0 Å². The zero-order valence-corrected chi connectivity index (χ0v) is 16.3. The van der Waals surface area contributed by atoms with Gasteiger partial charge in [-0.2, -0.15) is 0 Å². The van der Waals surface area contributed by atoms with E-state index in [1.165, 1.54) is 18.3 Å². The Labute approximate surface area is 171 Å². The van der Waals surface area contributed by atoms with E-state index < -0.39 is 4.92 Å². The number of nitro benzene ring substituents is 1. The Morgan fingerprint density at radius 3 is 2.53 bits per heavy atom. The Balaban J connectivity index is 1.62. The molecule has 0 fully saturated rings. The molecule has 1 aromatic heterocycles. The summed E-state index contributed by atoms with van der Waals surface area (Å²) in [5.41, 5.74) is 3.70. The Hall–Kier alpha value is -4.20. The second-order valence-electron chi connectivity index (χ2n) is 6.85. The third-order valence-corrected chi connectivity index (χ3v) is 4.56. The van der Waals surface area contributed by atoms with Crippen molar-refractivity contribution < 1.29 is 14.4 Å². The second kappa shape index (κ2) is 7.67. The van der Waals surface area contributed by atoms with E-state index in [0.717, 1.165) is 17.3 Å². The molecule has 4 rings (SSSR count). The summed E-state index contributed by atoms with van der Waals surface area (Å²) < 4.78 is 5.83. The number of aromatic nitrogens is 1. The van der Waals surface area contributed by atoms with Crippen LogP contribution in [0.2, 0.25) is 0 Å². The molecule has 0 unspecified atom stereocenters. The predicted molar refractivity (Wildman–Crippen MR) is 114 cm³/mol. The van der Waals surface area contributed by atoms with Gasteiger partial charge in [0, 0.05) is 43.7 Å². The van der Waals surface area contributed by atoms with Crippen LogP contribution >= 0.6 is 0 Å². The molecular weight excluding hydrogens is 384 g/mol. The van der Waals surface area contributed by atoms with Crippen LogP contribution in [0.3, 0.4) is 0 Å². The van der Waals surface area contributed by atoms with Gasteiger partial charge in [0.05, 0.1) is 10.6 Å². The number of aliphatic imine (C=N–C) groups is 1. The average Bonchev–Trinajstić information content (AvgIpc) is 3.16. The van der Waals surface area contributed by atoms with Gasteiger partial charge >= 0.3 is 0 Å². The maximum Gasteiger partial charge on any atom is 0.270 e. The number of non-ortho nitro benzene ring substituents is 1. The number of anilines is 1. The second-order valence-corrected chi connectivity index (χ2v) is 6.85. The number of oxazole rings is 1. The van der Waals surface area contributed by atoms with Gasteiger partial charge in [-0.3, -0.25) is 15.1 Å². The summed E-state index contributed by atoms with van der Waals surface area (Å²) in [5.74, 6) is 0.160. The van der Waals surface area contributed by atoms with Crippen molar-refractivity contribution in [2.45, 2.75) is 0 Å². The van der Waals surface area contributed by atoms with E-state index in [2.05, 4.69) is 9.98 Å². The SMILES string of the molecule is CN(C)c1ccc(-c2nc3cc(N=Cc4cc([N+](=O)[O-])ccc4[O-])ccc3o2)cc1. The highest BCUT2D eigenvalue weighted by Crippen LogP contribution is 2.28. The van der Waals surface area contributed by atoms with Gasteiger partial charge in [0.25, 0.3) is 5.69 Å². The first kappa shape index (κ1) is 19.1. The molecule has 1 heterocycles. The van der Waals surface area contributed by atoms with E-state index in [-0.39, 0.29) is 17.0 Å². The number of hydrogen-bond acceptors (Lipinski definition) is 7. The van der Waals surface area contributed by atoms with Gasteiger partial charge in [0.2, 0.25) is 5.89 Å². The highest BCUT2D eigenvalue weighted by molar-refractivity contribution is 5.87. The maximum absolute atomic E-state index is 11.9. The van der Waals surface area contributed by atoms with Gasteiger partial charge in [0.15, 0.2) is 5.58 Å². The topological polar surface area (TPSA) is 108 Å². The molecule has 0 aliphatic heterocycles. The van der Waals surface area contributed by atoms with Gasteiger partial charge in [-0.1, -0.05) is 11.8 Å². The standard InChI is InChI=1S/C22H18N4O4/c1-25(2)17-6-3-14(4-7-17)22-24-19-12-16(5-10-21(19)30-22)23-13-15-11-18(26(28)29)8-9-20(15)27/h3-13,27H,1-2H3/p-1. The van der Waals surface area contributed by atoms with Crippen molar-refractivity contribution in [2.24, 2.45) is 4.99 Å². The quantitative estimate of drug-likeness (QED) is 0.280. The van der Waals surface area contributed by atoms with Crippen LogP contribution in [0.25, 0.3) is 22.6 Å². The minimum atomic E-state index is -0.551. The molecule has 0 aliphatic rings. The summed E-state index contributed by atoms with van der Waals surface area (Å²) in [6, 6.07) is 16.6. The number of nitrogens with zero attached hydrogens (tertiary/aromatic N) is 4. The van der Waals surface area contributed by atoms with E-state index in [4.69, 9.17) is 4.42 Å². The third kappa shape index (κ3) is 3.83. The van der Waals surface area contributed by atoms with Crippen molar-refractivity contribution in [3.63, 3.8) is 0 Å². The summed E-state index contributed by atoms with van der Waals surface area (Å²) >= 11 is 0. The fourth-order valence-corrected chi connectivity index (χ4v) is 2.92. The van der Waals surface area contributed by atoms with E-state index in [0.29, 0.717) is 22.7 Å². The maximum atomic E-state index is 11.9. The molecule has 8 nitrogen and oxygen atoms in total. The van der Waals surface area contributed by atoms with Crippen LogP contribution in [0.1, 0.15) is 5.56 Å². The third-order valence-electron chi connectivity index (χ3n) is 4.56. The molecule has 0 bridgehead atoms. The van der Waals surface area contributed by atoms with Crippen LogP contribution in [0.5, 0.6) is 5.75 Å². The van der Waals surface area contributed by atoms with Crippen LogP contribution in [0.4, 0.5) is 17.1 Å². The number of benzene rings is 3. The molecule has 0 saturated heterocycles. The fraction of sp³-hybridized carbons (Fsp3) is 0.0909. The largest absolute Gasteiger partial charge is 0.872 e. The smallest absolute Gasteiger partial charge is 0.270 e. The van der Waals surface area contributed by atoms with Crippen LogP contribution in [-0.4, -0.2) is 30.2 Å². The number of hydrogen-bond donors (Lipinski definition) is 0. The minimum absolute atomic E-state index is 0.145. The van der Waals surface area contributed by atoms with E-state index >= 15 is 0 Å². The summed E-state index contributed by atoms with van der Waals surface area (Å²) in [6.07, 6.45) is 1.32. The molecular formula is C22H17N4O4-. The van der Waals surface area contributed by atoms with Gasteiger partial charge in [-0.25, -0.2) is 4.98 Å². The van der Waals surface area contributed by atoms with E-state index in [9.17, 15) is 15.2 Å². The lowest BCUT2D eigenvalue weighted by atomic mass is 10.2. The lowest BCUT2D eigenvalue weighted by Crippen LogP contribution is -2.07. The Kier molecular flexibility index (Phi) is 4.89. The van der Waals surface area contributed by atoms with Crippen LogP contribution in [-0.2, 0) is 0 Å². The highest BCUT2D eigenvalue weighted by atomic mass is 16.6. The van der Waals surface area contributed by atoms with Gasteiger partial charge in [0.1, 0.15) is 5.52 Å². The Morgan fingerprint density at radius 1 is 1.07 bits per heavy atom. The summed E-state index contributed by atoms with van der Waals surface area (Å²) in [5, 5.41) is 22.8. The molecule has 30 heavy (non-hydrogen) atoms. The van der Waals surface area contributed by atoms with Crippen LogP contribution in [0, 0.1) is 10.1 Å². The Bertz CT molecular complexity index is 1260. The van der Waals surface area contributed by atoms with Crippen molar-refractivity contribution in [1.29, 1.82) is 0 Å². The molecule has 0 amide bonds. The lowest BCUT2D eigenvalue weighted by Gasteiger charge is -2.11. The molecule has 0 atom stereocenters. The number of fused-ring (bicyclic) bond motifs is 1. The van der Waals surface area contributed by atoms with Crippen molar-refractivity contribution in [3.8, 4) is 17.2 Å². The molecule has 0 radical (unpaired) electrons. The predicted octanol–water partition coefficient (Wildman–Crippen LogP) is 4.29. The first-order valence-electron chi connectivity index (χ1n) is 9.08. The fourth-order valence-electron chi connectivity index (χ4n) is 2.92. The van der Waals surface area contributed by atoms with Crippen molar-refractivity contribution in [3.05, 3.63) is 76.3 Å². The zero-order chi connectivity index (χ0) is 21.3. The minimum Gasteiger partial charge on any atom is -0.872 e. The number of rotatable bonds is 5. The van der Waals surface area contributed by atoms with Gasteiger partial charge in [-0.05, 0) is 48.0 Å². The molecule has 4 aromatic rings. The highest BCUT2D eigenvalue weighted by Gasteiger charge is 2.10. The average molecular weight is 401 g/mol. The number of nitro groups is 1. The normalized spacial score (nSPS) is 11.3. The molecule has 0 saturated carbocycles. The lowest BCUT2D eigenvalue weighted by molar-refractivity contribution is -0.385. The van der Waals surface area contributed by atoms with Crippen LogP contribution < -0.4 is 10.0 Å². The van der Waals surface area contributed by atoms with Crippen molar-refractivity contribution >= 4 is 34.4 Å². The molecule has 150 valence electrons. The summed E-state index contributed by atoms with van der Waals surface area (Å²) in [4.78, 5) is 21.1. The summed E-state index contributed by atoms with van der Waals surface area (Å²) in [6.45, 7) is 0. The summed E-state index contributed by atoms with van der Waals surface area (Å²) in [7, 11) is 3.94. The molecule has 0 N–H and O–H groups in total. The molecule has 0 aliphatic carbocycles. The van der Waals surface area contributed by atoms with E-state index in [1.807, 2.05) is 43.3 Å². The Morgan fingerprint density at radius 2 is 1.83 bits per heavy atom. The zero-order valence-electron chi connectivity index (χ0n) is 16.3. The first-order valence-corrected chi connectivity index (χ1v) is 9.08.